The van der Waals surface area contributed by atoms with E-state index in [0.29, 0.717) is 11.4 Å². The maximum atomic E-state index is 11.7. The molecule has 2 aromatic rings. The lowest BCUT2D eigenvalue weighted by Gasteiger charge is -1.99. The summed E-state index contributed by atoms with van der Waals surface area (Å²) in [5.74, 6) is -0.0819. The van der Waals surface area contributed by atoms with E-state index in [1.165, 1.54) is 11.3 Å². The lowest BCUT2D eigenvalue weighted by molar-refractivity contribution is 0.0887. The molecule has 0 amide bonds. The zero-order chi connectivity index (χ0) is 11.5. The molecule has 2 aromatic heterocycles. The van der Waals surface area contributed by atoms with Gasteiger partial charge in [0.1, 0.15) is 0 Å². The Bertz CT molecular complexity index is 514. The van der Waals surface area contributed by atoms with Gasteiger partial charge < -0.3 is 4.57 Å². The maximum Gasteiger partial charge on any atom is 0.205 e. The number of Topliss-reactive ketones (excluding diaryl/α,β-unsaturated/α-hetero) is 2. The van der Waals surface area contributed by atoms with Gasteiger partial charge in [0.05, 0.1) is 6.42 Å². The Balaban J connectivity index is 2.09. The summed E-state index contributed by atoms with van der Waals surface area (Å²) in [6.07, 6.45) is 3.10. The largest absolute Gasteiger partial charge is 0.332 e. The lowest BCUT2D eigenvalue weighted by Crippen LogP contribution is -2.12. The van der Waals surface area contributed by atoms with Crippen LogP contribution in [0.3, 0.4) is 0 Å². The van der Waals surface area contributed by atoms with Crippen LogP contribution in [0.15, 0.2) is 29.2 Å². The van der Waals surface area contributed by atoms with Crippen LogP contribution in [0.25, 0.3) is 0 Å². The number of carbonyl (C=O) groups excluding carboxylic acids is 2. The van der Waals surface area contributed by atoms with Crippen LogP contribution in [0.5, 0.6) is 0 Å². The van der Waals surface area contributed by atoms with Crippen LogP contribution in [-0.2, 0) is 7.05 Å². The number of ketones is 2. The average Bonchev–Trinajstić information content (AvgIpc) is 2.86. The van der Waals surface area contributed by atoms with Crippen molar-refractivity contribution in [3.05, 3.63) is 40.6 Å². The Labute approximate surface area is 96.6 Å². The Kier molecular flexibility index (Phi) is 2.96. The summed E-state index contributed by atoms with van der Waals surface area (Å²) in [7, 11) is 1.73. The van der Waals surface area contributed by atoms with Crippen molar-refractivity contribution in [2.75, 3.05) is 0 Å². The van der Waals surface area contributed by atoms with E-state index in [0.717, 1.165) is 0 Å². The Morgan fingerprint density at radius 3 is 2.81 bits per heavy atom. The first-order chi connectivity index (χ1) is 7.68. The fourth-order valence-corrected chi connectivity index (χ4v) is 2.04. The zero-order valence-corrected chi connectivity index (χ0v) is 9.53. The first kappa shape index (κ1) is 10.8. The summed E-state index contributed by atoms with van der Waals surface area (Å²) in [4.78, 5) is 27.3. The van der Waals surface area contributed by atoms with Gasteiger partial charge >= 0.3 is 0 Å². The highest BCUT2D eigenvalue weighted by Crippen LogP contribution is 2.10. The van der Waals surface area contributed by atoms with Crippen LogP contribution >= 0.6 is 11.3 Å². The number of aromatic nitrogens is 2. The molecular formula is C11H10N2O2S. The second-order valence-electron chi connectivity index (χ2n) is 3.40. The molecule has 0 aliphatic carbocycles. The molecule has 0 saturated carbocycles. The number of nitrogens with zero attached hydrogens (tertiary/aromatic N) is 2. The van der Waals surface area contributed by atoms with Crippen molar-refractivity contribution in [1.29, 1.82) is 0 Å². The molecule has 5 heteroatoms. The SMILES string of the molecule is Cn1ccnc1C(=O)CC(=O)c1ccsc1. The van der Waals surface area contributed by atoms with Crippen LogP contribution < -0.4 is 0 Å². The number of hydrogen-bond acceptors (Lipinski definition) is 4. The lowest BCUT2D eigenvalue weighted by atomic mass is 10.1. The Hall–Kier alpha value is -1.75. The van der Waals surface area contributed by atoms with Gasteiger partial charge in [0, 0.05) is 30.4 Å². The number of thiophene rings is 1. The predicted molar refractivity (Wildman–Crippen MR) is 60.8 cm³/mol. The smallest absolute Gasteiger partial charge is 0.205 e. The molecule has 0 unspecified atom stereocenters. The monoisotopic (exact) mass is 234 g/mol. The predicted octanol–water partition coefficient (Wildman–Crippen LogP) is 1.94. The van der Waals surface area contributed by atoms with Crippen molar-refractivity contribution in [2.24, 2.45) is 7.05 Å². The van der Waals surface area contributed by atoms with Crippen molar-refractivity contribution < 1.29 is 9.59 Å². The minimum absolute atomic E-state index is 0.123. The molecular weight excluding hydrogens is 224 g/mol. The molecule has 2 heterocycles. The third-order valence-electron chi connectivity index (χ3n) is 2.23. The number of hydrogen-bond donors (Lipinski definition) is 0. The van der Waals surface area contributed by atoms with Crippen LogP contribution in [0.1, 0.15) is 27.4 Å². The molecule has 0 bridgehead atoms. The minimum Gasteiger partial charge on any atom is -0.332 e. The number of aryl methyl sites for hydroxylation is 1. The van der Waals surface area contributed by atoms with E-state index >= 15 is 0 Å². The summed E-state index contributed by atoms with van der Waals surface area (Å²) in [5.41, 5.74) is 0.590. The van der Waals surface area contributed by atoms with Gasteiger partial charge in [-0.25, -0.2) is 4.98 Å². The Morgan fingerprint density at radius 1 is 1.44 bits per heavy atom. The average molecular weight is 234 g/mol. The fourth-order valence-electron chi connectivity index (χ4n) is 1.38. The molecule has 0 aromatic carbocycles. The molecule has 0 radical (unpaired) electrons. The van der Waals surface area contributed by atoms with E-state index in [1.54, 1.807) is 35.5 Å². The van der Waals surface area contributed by atoms with Gasteiger partial charge in [-0.2, -0.15) is 11.3 Å². The Morgan fingerprint density at radius 2 is 2.25 bits per heavy atom. The van der Waals surface area contributed by atoms with E-state index in [9.17, 15) is 9.59 Å². The molecule has 4 nitrogen and oxygen atoms in total. The maximum absolute atomic E-state index is 11.7. The quantitative estimate of drug-likeness (QED) is 0.600. The zero-order valence-electron chi connectivity index (χ0n) is 8.71. The summed E-state index contributed by atoms with van der Waals surface area (Å²) >= 11 is 1.44. The van der Waals surface area contributed by atoms with Crippen molar-refractivity contribution >= 4 is 22.9 Å². The summed E-state index contributed by atoms with van der Waals surface area (Å²) in [6.45, 7) is 0. The fraction of sp³-hybridized carbons (Fsp3) is 0.182. The highest BCUT2D eigenvalue weighted by Gasteiger charge is 2.16. The summed E-state index contributed by atoms with van der Waals surface area (Å²) in [5, 5.41) is 3.56. The molecule has 0 fully saturated rings. The first-order valence-corrected chi connectivity index (χ1v) is 5.68. The van der Waals surface area contributed by atoms with Crippen LogP contribution in [-0.4, -0.2) is 21.1 Å². The van der Waals surface area contributed by atoms with Crippen molar-refractivity contribution in [2.45, 2.75) is 6.42 Å². The van der Waals surface area contributed by atoms with E-state index < -0.39 is 0 Å². The van der Waals surface area contributed by atoms with Crippen molar-refractivity contribution in [3.63, 3.8) is 0 Å². The van der Waals surface area contributed by atoms with Crippen LogP contribution in [0, 0.1) is 0 Å². The van der Waals surface area contributed by atoms with Crippen LogP contribution in [0.4, 0.5) is 0 Å². The molecule has 0 atom stereocenters. The topological polar surface area (TPSA) is 52.0 Å². The molecule has 0 aliphatic heterocycles. The van der Waals surface area contributed by atoms with Gasteiger partial charge in [-0.3, -0.25) is 9.59 Å². The van der Waals surface area contributed by atoms with Gasteiger partial charge in [-0.1, -0.05) is 0 Å². The molecule has 0 saturated heterocycles. The van der Waals surface area contributed by atoms with Gasteiger partial charge in [-0.05, 0) is 11.4 Å². The highest BCUT2D eigenvalue weighted by atomic mass is 32.1. The molecule has 2 rings (SSSR count). The number of rotatable bonds is 4. The van der Waals surface area contributed by atoms with Gasteiger partial charge in [0.2, 0.25) is 5.78 Å². The molecule has 0 spiro atoms. The number of carbonyl (C=O) groups is 2. The van der Waals surface area contributed by atoms with Crippen molar-refractivity contribution in [3.8, 4) is 0 Å². The molecule has 16 heavy (non-hydrogen) atoms. The van der Waals surface area contributed by atoms with E-state index in [4.69, 9.17) is 0 Å². The van der Waals surface area contributed by atoms with Crippen molar-refractivity contribution in [1.82, 2.24) is 9.55 Å². The van der Waals surface area contributed by atoms with Gasteiger partial charge in [0.25, 0.3) is 0 Å². The van der Waals surface area contributed by atoms with Gasteiger partial charge in [-0.15, -0.1) is 0 Å². The van der Waals surface area contributed by atoms with Gasteiger partial charge in [0.15, 0.2) is 11.6 Å². The van der Waals surface area contributed by atoms with E-state index in [1.807, 2.05) is 5.38 Å². The number of imidazole rings is 1. The molecule has 0 aliphatic rings. The second-order valence-corrected chi connectivity index (χ2v) is 4.18. The highest BCUT2D eigenvalue weighted by molar-refractivity contribution is 7.08. The molecule has 82 valence electrons. The van der Waals surface area contributed by atoms with Crippen LogP contribution in [0.2, 0.25) is 0 Å². The normalized spacial score (nSPS) is 10.3. The summed E-state index contributed by atoms with van der Waals surface area (Å²) in [6, 6.07) is 1.72. The molecule has 0 N–H and O–H groups in total. The third kappa shape index (κ3) is 2.09. The third-order valence-corrected chi connectivity index (χ3v) is 2.92. The standard InChI is InChI=1S/C11H10N2O2S/c1-13-4-3-12-11(13)10(15)6-9(14)8-2-5-16-7-8/h2-5,7H,6H2,1H3. The van der Waals surface area contributed by atoms with E-state index in [-0.39, 0.29) is 18.0 Å². The minimum atomic E-state index is -0.247. The first-order valence-electron chi connectivity index (χ1n) is 4.74. The van der Waals surface area contributed by atoms with E-state index in [2.05, 4.69) is 4.98 Å². The summed E-state index contributed by atoms with van der Waals surface area (Å²) < 4.78 is 1.61. The second kappa shape index (κ2) is 4.40.